The molecular weight excluding hydrogens is 616 g/mol. The first kappa shape index (κ1) is 33.7. The molecule has 0 saturated heterocycles. The Morgan fingerprint density at radius 1 is 0.940 bits per heavy atom. The second-order valence-electron chi connectivity index (χ2n) is 12.2. The van der Waals surface area contributed by atoms with E-state index in [4.69, 9.17) is 4.99 Å². The predicted octanol–water partition coefficient (Wildman–Crippen LogP) is 5.89. The van der Waals surface area contributed by atoms with Crippen LogP contribution in [0.5, 0.6) is 17.2 Å². The molecule has 0 radical (unpaired) electrons. The zero-order chi connectivity index (χ0) is 35.2. The van der Waals surface area contributed by atoms with E-state index in [2.05, 4.69) is 77.9 Å². The van der Waals surface area contributed by atoms with E-state index in [1.165, 1.54) is 27.5 Å². The molecule has 0 amide bonds. The summed E-state index contributed by atoms with van der Waals surface area (Å²) in [6, 6.07) is 22.9. The normalized spacial score (nSPS) is 13.5. The summed E-state index contributed by atoms with van der Waals surface area (Å²) in [5.74, 6) is -0.720. The number of aromatic hydroxyl groups is 3. The van der Waals surface area contributed by atoms with Crippen LogP contribution >= 0.6 is 0 Å². The third-order valence-corrected chi connectivity index (χ3v) is 9.15. The average molecular weight is 653 g/mol. The summed E-state index contributed by atoms with van der Waals surface area (Å²) in [6.07, 6.45) is 19.2. The molecule has 0 aliphatic heterocycles. The fraction of sp³-hybridized carbons (Fsp3) is 0.0714. The highest BCUT2D eigenvalue weighted by atomic mass is 16.3. The Hall–Kier alpha value is -6.14. The molecule has 1 aromatic heterocycles. The number of phenolic OH excluding ortho intramolecular Hbond substituents is 3. The molecule has 0 spiro atoms. The molecule has 0 atom stereocenters. The lowest BCUT2D eigenvalue weighted by molar-refractivity contribution is 0.403. The number of benzene rings is 4. The maximum Gasteiger partial charge on any atom is 0.153 e. The van der Waals surface area contributed by atoms with Gasteiger partial charge in [0.25, 0.3) is 0 Å². The van der Waals surface area contributed by atoms with Crippen molar-refractivity contribution in [2.75, 3.05) is 0 Å². The topological polar surface area (TPSA) is 98.3 Å². The van der Waals surface area contributed by atoms with Crippen LogP contribution in [-0.2, 0) is 13.0 Å². The van der Waals surface area contributed by atoms with Gasteiger partial charge in [-0.25, -0.2) is 0 Å². The third-order valence-electron chi connectivity index (χ3n) is 9.15. The Morgan fingerprint density at radius 3 is 2.46 bits per heavy atom. The first-order chi connectivity index (χ1) is 24.3. The van der Waals surface area contributed by atoms with Crippen LogP contribution in [0.2, 0.25) is 0 Å². The highest BCUT2D eigenvalue weighted by Crippen LogP contribution is 2.37. The van der Waals surface area contributed by atoms with Crippen molar-refractivity contribution in [1.29, 1.82) is 0 Å². The minimum absolute atomic E-state index is 0.0426. The summed E-state index contributed by atoms with van der Waals surface area (Å²) in [6.45, 7) is 7.80. The van der Waals surface area contributed by atoms with Gasteiger partial charge in [-0.3, -0.25) is 15.0 Å². The lowest BCUT2D eigenvalue weighted by Gasteiger charge is -2.19. The SMILES string of the molecule is Bc1c(O)c(O)c(B)c(C/N=C(\C=C(/N=C)C(=CC=C)/C=C/c2cccnc2)c2ccc(-c3cc4ccccc4c4c3CCC=C4)cc2)c1O. The molecule has 244 valence electrons. The number of pyridine rings is 1. The van der Waals surface area contributed by atoms with Crippen LogP contribution in [0.1, 0.15) is 34.2 Å². The van der Waals surface area contributed by atoms with Crippen molar-refractivity contribution in [2.45, 2.75) is 19.4 Å². The zero-order valence-corrected chi connectivity index (χ0v) is 28.3. The maximum atomic E-state index is 10.9. The first-order valence-electron chi connectivity index (χ1n) is 16.5. The highest BCUT2D eigenvalue weighted by Gasteiger charge is 2.19. The van der Waals surface area contributed by atoms with Crippen LogP contribution in [0.15, 0.2) is 137 Å². The Bertz CT molecular complexity index is 2240. The number of hydrogen-bond acceptors (Lipinski definition) is 6. The molecule has 4 aromatic carbocycles. The molecule has 1 aliphatic rings. The van der Waals surface area contributed by atoms with Gasteiger partial charge >= 0.3 is 0 Å². The molecule has 6 nitrogen and oxygen atoms in total. The number of hydrogen-bond donors (Lipinski definition) is 3. The van der Waals surface area contributed by atoms with Crippen molar-refractivity contribution in [3.05, 3.63) is 155 Å². The smallest absolute Gasteiger partial charge is 0.153 e. The molecule has 5 aromatic rings. The monoisotopic (exact) mass is 653 g/mol. The van der Waals surface area contributed by atoms with Gasteiger partial charge < -0.3 is 15.3 Å². The summed E-state index contributed by atoms with van der Waals surface area (Å²) in [7, 11) is 3.20. The predicted molar refractivity (Wildman–Crippen MR) is 214 cm³/mol. The van der Waals surface area contributed by atoms with Gasteiger partial charge in [0.15, 0.2) is 11.5 Å². The summed E-state index contributed by atoms with van der Waals surface area (Å²) < 4.78 is 0. The lowest BCUT2D eigenvalue weighted by Crippen LogP contribution is -2.19. The summed E-state index contributed by atoms with van der Waals surface area (Å²) in [5, 5.41) is 34.3. The van der Waals surface area contributed by atoms with Crippen molar-refractivity contribution in [2.24, 2.45) is 9.98 Å². The van der Waals surface area contributed by atoms with Gasteiger partial charge in [-0.2, -0.15) is 0 Å². The molecule has 0 saturated carbocycles. The Balaban J connectivity index is 1.46. The second-order valence-corrected chi connectivity index (χ2v) is 12.2. The molecular formula is C42H37B2N3O3. The van der Waals surface area contributed by atoms with E-state index in [1.807, 2.05) is 48.6 Å². The molecule has 6 rings (SSSR count). The average Bonchev–Trinajstić information content (AvgIpc) is 3.16. The van der Waals surface area contributed by atoms with Crippen LogP contribution in [0.3, 0.4) is 0 Å². The number of rotatable bonds is 10. The van der Waals surface area contributed by atoms with E-state index < -0.39 is 0 Å². The van der Waals surface area contributed by atoms with Gasteiger partial charge in [-0.05, 0) is 92.8 Å². The maximum absolute atomic E-state index is 10.9. The number of phenols is 3. The van der Waals surface area contributed by atoms with Crippen molar-refractivity contribution >= 4 is 62.0 Å². The standard InChI is InChI=1S/C42H37B2N3O3/c1-3-9-28(16-15-26-10-8-21-46-24-26)36(45-2)23-37(47-25-35-38(43)41(49)42(50)39(44)40(35)48)29-19-17-27(18-20-29)34-22-30-11-4-5-12-31(30)32-13-6-7-14-33(32)34/h3-6,8-13,15-24,48-50H,1-2,7,14,25,43-44H2/b16-15+,28-9?,36-23-,47-37+. The summed E-state index contributed by atoms with van der Waals surface area (Å²) in [4.78, 5) is 13.5. The second kappa shape index (κ2) is 15.0. The van der Waals surface area contributed by atoms with Crippen LogP contribution < -0.4 is 10.9 Å². The van der Waals surface area contributed by atoms with E-state index in [-0.39, 0.29) is 29.3 Å². The molecule has 1 heterocycles. The largest absolute Gasteiger partial charge is 0.508 e. The Kier molecular flexibility index (Phi) is 10.1. The highest BCUT2D eigenvalue weighted by molar-refractivity contribution is 6.41. The van der Waals surface area contributed by atoms with Gasteiger partial charge in [-0.1, -0.05) is 97.6 Å². The number of nitrogens with zero attached hydrogens (tertiary/aromatic N) is 3. The fourth-order valence-corrected chi connectivity index (χ4v) is 6.34. The fourth-order valence-electron chi connectivity index (χ4n) is 6.34. The lowest BCUT2D eigenvalue weighted by atomic mass is 9.81. The van der Waals surface area contributed by atoms with E-state index in [0.29, 0.717) is 22.4 Å². The molecule has 50 heavy (non-hydrogen) atoms. The van der Waals surface area contributed by atoms with Crippen molar-refractivity contribution in [3.8, 4) is 28.4 Å². The van der Waals surface area contributed by atoms with Gasteiger partial charge in [0.2, 0.25) is 0 Å². The van der Waals surface area contributed by atoms with E-state index in [9.17, 15) is 15.3 Å². The van der Waals surface area contributed by atoms with Crippen LogP contribution in [0, 0.1) is 0 Å². The quantitative estimate of drug-likeness (QED) is 0.0576. The molecule has 0 bridgehead atoms. The number of aromatic nitrogens is 1. The molecule has 1 aliphatic carbocycles. The molecule has 0 unspecified atom stereocenters. The van der Waals surface area contributed by atoms with E-state index in [1.54, 1.807) is 34.2 Å². The molecule has 0 fully saturated rings. The third kappa shape index (κ3) is 6.87. The number of aliphatic imine (C=N–C) groups is 2. The zero-order valence-electron chi connectivity index (χ0n) is 28.3. The van der Waals surface area contributed by atoms with Gasteiger partial charge in [0, 0.05) is 23.5 Å². The minimum Gasteiger partial charge on any atom is -0.508 e. The van der Waals surface area contributed by atoms with Gasteiger partial charge in [0.05, 0.1) is 18.0 Å². The van der Waals surface area contributed by atoms with E-state index in [0.717, 1.165) is 35.1 Å². The van der Waals surface area contributed by atoms with Crippen LogP contribution in [0.25, 0.3) is 34.1 Å². The van der Waals surface area contributed by atoms with Crippen molar-refractivity contribution in [1.82, 2.24) is 4.98 Å². The van der Waals surface area contributed by atoms with Crippen molar-refractivity contribution in [3.63, 3.8) is 0 Å². The van der Waals surface area contributed by atoms with Crippen LogP contribution in [-0.4, -0.2) is 48.4 Å². The van der Waals surface area contributed by atoms with Gasteiger partial charge in [-0.15, -0.1) is 0 Å². The van der Waals surface area contributed by atoms with Crippen LogP contribution in [0.4, 0.5) is 0 Å². The molecule has 8 heteroatoms. The Labute approximate surface area is 294 Å². The first-order valence-corrected chi connectivity index (χ1v) is 16.5. The van der Waals surface area contributed by atoms with Gasteiger partial charge in [0.1, 0.15) is 21.4 Å². The summed E-state index contributed by atoms with van der Waals surface area (Å²) in [5.41, 5.74) is 9.59. The van der Waals surface area contributed by atoms with Crippen molar-refractivity contribution < 1.29 is 15.3 Å². The van der Waals surface area contributed by atoms with E-state index >= 15 is 0 Å². The number of allylic oxidation sites excluding steroid dienone is 5. The minimum atomic E-state index is -0.340. The Morgan fingerprint density at radius 2 is 1.72 bits per heavy atom. The molecule has 3 N–H and O–H groups in total. The number of fused-ring (bicyclic) bond motifs is 3. The summed E-state index contributed by atoms with van der Waals surface area (Å²) >= 11 is 0.